The Morgan fingerprint density at radius 3 is 2.48 bits per heavy atom. The van der Waals surface area contributed by atoms with E-state index in [0.29, 0.717) is 18.7 Å². The molecular weight excluding hydrogens is 358 g/mol. The number of carbonyl (C=O) groups is 1. The third kappa shape index (κ3) is 4.81. The van der Waals surface area contributed by atoms with Gasteiger partial charge in [0.05, 0.1) is 11.4 Å². The second kappa shape index (κ2) is 8.46. The molecule has 1 N–H and O–H groups in total. The third-order valence-electron chi connectivity index (χ3n) is 3.76. The van der Waals surface area contributed by atoms with Gasteiger partial charge in [0.2, 0.25) is 10.0 Å². The zero-order valence-corrected chi connectivity index (χ0v) is 16.2. The molecule has 0 fully saturated rings. The summed E-state index contributed by atoms with van der Waals surface area (Å²) in [5, 5.41) is 4.80. The van der Waals surface area contributed by atoms with Crippen molar-refractivity contribution in [3.63, 3.8) is 0 Å². The second-order valence-electron chi connectivity index (χ2n) is 5.65. The number of rotatable bonds is 7. The highest BCUT2D eigenvalue weighted by Gasteiger charge is 2.21. The maximum absolute atomic E-state index is 12.4. The van der Waals surface area contributed by atoms with Gasteiger partial charge in [0.1, 0.15) is 0 Å². The topological polar surface area (TPSA) is 69.7 Å². The number of thiophene rings is 1. The van der Waals surface area contributed by atoms with Gasteiger partial charge in [0.15, 0.2) is 0 Å². The molecule has 0 saturated heterocycles. The molecule has 1 aromatic heterocycles. The lowest BCUT2D eigenvalue weighted by molar-refractivity contribution is 0.198. The normalized spacial score (nSPS) is 11.5. The first-order valence-corrected chi connectivity index (χ1v) is 10.2. The van der Waals surface area contributed by atoms with Crippen LogP contribution in [0.5, 0.6) is 0 Å². The number of sulfonamides is 1. The summed E-state index contributed by atoms with van der Waals surface area (Å²) in [5.41, 5.74) is 0.566. The van der Waals surface area contributed by atoms with Crippen molar-refractivity contribution in [2.24, 2.45) is 0 Å². The predicted molar refractivity (Wildman–Crippen MR) is 100.0 cm³/mol. The average Bonchev–Trinajstić information content (AvgIpc) is 3.10. The smallest absolute Gasteiger partial charge is 0.317 e. The quantitative estimate of drug-likeness (QED) is 0.802. The van der Waals surface area contributed by atoms with E-state index in [-0.39, 0.29) is 17.5 Å². The van der Waals surface area contributed by atoms with Gasteiger partial charge >= 0.3 is 6.03 Å². The van der Waals surface area contributed by atoms with Crippen molar-refractivity contribution in [1.82, 2.24) is 14.5 Å². The molecule has 0 bridgehead atoms. The SMILES string of the molecule is CCN(Cc1cccs1)C(=O)NCc1ccccc1S(=O)(=O)N(C)C. The average molecular weight is 382 g/mol. The van der Waals surface area contributed by atoms with Crippen molar-refractivity contribution >= 4 is 27.4 Å². The second-order valence-corrected chi connectivity index (χ2v) is 8.80. The van der Waals surface area contributed by atoms with Crippen molar-refractivity contribution in [2.45, 2.75) is 24.9 Å². The molecule has 0 aliphatic carbocycles. The molecule has 2 aromatic rings. The van der Waals surface area contributed by atoms with Crippen LogP contribution in [0.25, 0.3) is 0 Å². The van der Waals surface area contributed by atoms with Crippen molar-refractivity contribution in [3.8, 4) is 0 Å². The van der Waals surface area contributed by atoms with E-state index in [2.05, 4.69) is 5.32 Å². The number of urea groups is 1. The van der Waals surface area contributed by atoms with Crippen LogP contribution in [0.2, 0.25) is 0 Å². The summed E-state index contributed by atoms with van der Waals surface area (Å²) in [5.74, 6) is 0. The number of amides is 2. The van der Waals surface area contributed by atoms with Crippen LogP contribution < -0.4 is 5.32 Å². The molecule has 0 aliphatic heterocycles. The monoisotopic (exact) mass is 381 g/mol. The number of hydrogen-bond donors (Lipinski definition) is 1. The first kappa shape index (κ1) is 19.4. The van der Waals surface area contributed by atoms with Gasteiger partial charge in [0, 0.05) is 32.1 Å². The molecule has 0 atom stereocenters. The molecular formula is C17H23N3O3S2. The fraction of sp³-hybridized carbons (Fsp3) is 0.353. The Morgan fingerprint density at radius 1 is 1.16 bits per heavy atom. The van der Waals surface area contributed by atoms with Crippen LogP contribution in [0.15, 0.2) is 46.7 Å². The fourth-order valence-electron chi connectivity index (χ4n) is 2.30. The van der Waals surface area contributed by atoms with Crippen molar-refractivity contribution in [1.29, 1.82) is 0 Å². The zero-order chi connectivity index (χ0) is 18.4. The minimum Gasteiger partial charge on any atom is -0.334 e. The molecule has 2 rings (SSSR count). The molecule has 8 heteroatoms. The summed E-state index contributed by atoms with van der Waals surface area (Å²) in [6, 6.07) is 10.4. The summed E-state index contributed by atoms with van der Waals surface area (Å²) in [4.78, 5) is 15.4. The number of carbonyl (C=O) groups excluding carboxylic acids is 1. The van der Waals surface area contributed by atoms with Crippen LogP contribution in [0.1, 0.15) is 17.4 Å². The first-order valence-electron chi connectivity index (χ1n) is 7.91. The molecule has 0 unspecified atom stereocenters. The van der Waals surface area contributed by atoms with E-state index in [0.717, 1.165) is 4.88 Å². The third-order valence-corrected chi connectivity index (χ3v) is 6.53. The van der Waals surface area contributed by atoms with Crippen LogP contribution in [0.4, 0.5) is 4.79 Å². The molecule has 0 saturated carbocycles. The molecule has 1 heterocycles. The summed E-state index contributed by atoms with van der Waals surface area (Å²) < 4.78 is 26.0. The molecule has 0 aliphatic rings. The Hall–Kier alpha value is -1.90. The number of nitrogens with one attached hydrogen (secondary N) is 1. The van der Waals surface area contributed by atoms with Crippen LogP contribution in [0, 0.1) is 0 Å². The first-order chi connectivity index (χ1) is 11.9. The molecule has 1 aromatic carbocycles. The Bertz CT molecular complexity index is 802. The van der Waals surface area contributed by atoms with Crippen molar-refractivity contribution in [2.75, 3.05) is 20.6 Å². The predicted octanol–water partition coefficient (Wildman–Crippen LogP) is 2.73. The van der Waals surface area contributed by atoms with E-state index < -0.39 is 10.0 Å². The summed E-state index contributed by atoms with van der Waals surface area (Å²) in [6.45, 7) is 3.18. The van der Waals surface area contributed by atoms with E-state index in [1.807, 2.05) is 24.4 Å². The van der Waals surface area contributed by atoms with Gasteiger partial charge in [0.25, 0.3) is 0 Å². The molecule has 136 valence electrons. The zero-order valence-electron chi connectivity index (χ0n) is 14.6. The van der Waals surface area contributed by atoms with E-state index in [1.165, 1.54) is 18.4 Å². The number of benzene rings is 1. The van der Waals surface area contributed by atoms with Crippen LogP contribution >= 0.6 is 11.3 Å². The lowest BCUT2D eigenvalue weighted by atomic mass is 10.2. The Kier molecular flexibility index (Phi) is 6.57. The molecule has 0 spiro atoms. The van der Waals surface area contributed by atoms with Gasteiger partial charge in [-0.1, -0.05) is 24.3 Å². The summed E-state index contributed by atoms with van der Waals surface area (Å²) in [6.07, 6.45) is 0. The van der Waals surface area contributed by atoms with Crippen LogP contribution in [-0.2, 0) is 23.1 Å². The maximum Gasteiger partial charge on any atom is 0.317 e. The van der Waals surface area contributed by atoms with Gasteiger partial charge in [-0.15, -0.1) is 11.3 Å². The highest BCUT2D eigenvalue weighted by molar-refractivity contribution is 7.89. The Balaban J connectivity index is 2.09. The van der Waals surface area contributed by atoms with E-state index in [1.54, 1.807) is 40.5 Å². The van der Waals surface area contributed by atoms with Gasteiger partial charge < -0.3 is 10.2 Å². The van der Waals surface area contributed by atoms with E-state index >= 15 is 0 Å². The molecule has 25 heavy (non-hydrogen) atoms. The Morgan fingerprint density at radius 2 is 1.88 bits per heavy atom. The fourth-order valence-corrected chi connectivity index (χ4v) is 4.13. The highest BCUT2D eigenvalue weighted by Crippen LogP contribution is 2.18. The van der Waals surface area contributed by atoms with Gasteiger partial charge in [-0.25, -0.2) is 17.5 Å². The van der Waals surface area contributed by atoms with Gasteiger partial charge in [-0.05, 0) is 30.0 Å². The van der Waals surface area contributed by atoms with Gasteiger partial charge in [-0.3, -0.25) is 0 Å². The molecule has 2 amide bonds. The number of hydrogen-bond acceptors (Lipinski definition) is 4. The number of nitrogens with zero attached hydrogens (tertiary/aromatic N) is 2. The minimum atomic E-state index is -3.55. The lowest BCUT2D eigenvalue weighted by Gasteiger charge is -2.21. The Labute approximate surface area is 153 Å². The molecule has 6 nitrogen and oxygen atoms in total. The summed E-state index contributed by atoms with van der Waals surface area (Å²) >= 11 is 1.60. The lowest BCUT2D eigenvalue weighted by Crippen LogP contribution is -2.39. The largest absolute Gasteiger partial charge is 0.334 e. The van der Waals surface area contributed by atoms with Crippen LogP contribution in [0.3, 0.4) is 0 Å². The minimum absolute atomic E-state index is 0.156. The highest BCUT2D eigenvalue weighted by atomic mass is 32.2. The van der Waals surface area contributed by atoms with Crippen LogP contribution in [-0.4, -0.2) is 44.3 Å². The van der Waals surface area contributed by atoms with Crippen molar-refractivity contribution < 1.29 is 13.2 Å². The van der Waals surface area contributed by atoms with E-state index in [4.69, 9.17) is 0 Å². The van der Waals surface area contributed by atoms with Crippen molar-refractivity contribution in [3.05, 3.63) is 52.2 Å². The maximum atomic E-state index is 12.4. The molecule has 0 radical (unpaired) electrons. The standard InChI is InChI=1S/C17H23N3O3S2/c1-4-20(13-15-9-7-11-24-15)17(21)18-12-14-8-5-6-10-16(14)25(22,23)19(2)3/h5-11H,4,12-13H2,1-3H3,(H,18,21). The summed E-state index contributed by atoms with van der Waals surface area (Å²) in [7, 11) is -0.571. The van der Waals surface area contributed by atoms with Gasteiger partial charge in [-0.2, -0.15) is 0 Å². The van der Waals surface area contributed by atoms with E-state index in [9.17, 15) is 13.2 Å².